The standard InChI is InChI=1S/C9H9N/c1-2-6-9-8(4-1)5-3-7-10-9/h1-5H,6-7H2. The molecule has 0 fully saturated rings. The van der Waals surface area contributed by atoms with E-state index in [1.807, 2.05) is 0 Å². The van der Waals surface area contributed by atoms with E-state index in [0.29, 0.717) is 0 Å². The predicted molar refractivity (Wildman–Crippen MR) is 43.3 cm³/mol. The van der Waals surface area contributed by atoms with Crippen molar-refractivity contribution in [1.82, 2.24) is 0 Å². The molecule has 0 saturated heterocycles. The summed E-state index contributed by atoms with van der Waals surface area (Å²) in [5.74, 6) is 0. The Morgan fingerprint density at radius 1 is 1.30 bits per heavy atom. The van der Waals surface area contributed by atoms with Gasteiger partial charge in [0.2, 0.25) is 0 Å². The Bertz CT molecular complexity index is 254. The van der Waals surface area contributed by atoms with E-state index < -0.39 is 0 Å². The summed E-state index contributed by atoms with van der Waals surface area (Å²) in [6.45, 7) is 0.862. The maximum atomic E-state index is 4.36. The van der Waals surface area contributed by atoms with Crippen molar-refractivity contribution in [2.24, 2.45) is 4.99 Å². The second-order valence-electron chi connectivity index (χ2n) is 2.44. The molecule has 0 N–H and O–H groups in total. The summed E-state index contributed by atoms with van der Waals surface area (Å²) in [7, 11) is 0. The third kappa shape index (κ3) is 0.838. The molecule has 0 amide bonds. The van der Waals surface area contributed by atoms with Gasteiger partial charge in [-0.25, -0.2) is 0 Å². The van der Waals surface area contributed by atoms with Crippen LogP contribution in [0.15, 0.2) is 40.9 Å². The Labute approximate surface area is 60.5 Å². The number of aliphatic imine (C=N–C) groups is 1. The van der Waals surface area contributed by atoms with Gasteiger partial charge in [-0.3, -0.25) is 4.99 Å². The van der Waals surface area contributed by atoms with Crippen molar-refractivity contribution >= 4 is 5.71 Å². The minimum Gasteiger partial charge on any atom is -0.285 e. The molecule has 0 radical (unpaired) electrons. The summed E-state index contributed by atoms with van der Waals surface area (Å²) in [5, 5.41) is 0. The minimum absolute atomic E-state index is 0.862. The Hall–Kier alpha value is -1.11. The molecule has 1 heterocycles. The fourth-order valence-electron chi connectivity index (χ4n) is 1.22. The molecular weight excluding hydrogens is 122 g/mol. The number of fused-ring (bicyclic) bond motifs is 1. The van der Waals surface area contributed by atoms with Gasteiger partial charge >= 0.3 is 0 Å². The molecule has 2 rings (SSSR count). The number of hydrogen-bond donors (Lipinski definition) is 0. The number of nitrogens with zero attached hydrogens (tertiary/aromatic N) is 1. The first kappa shape index (κ1) is 5.66. The molecule has 1 aliphatic carbocycles. The predicted octanol–water partition coefficient (Wildman–Crippen LogP) is 1.88. The van der Waals surface area contributed by atoms with Crippen LogP contribution in [0.4, 0.5) is 0 Å². The van der Waals surface area contributed by atoms with E-state index in [1.54, 1.807) is 0 Å². The van der Waals surface area contributed by atoms with Crippen molar-refractivity contribution in [2.75, 3.05) is 6.54 Å². The summed E-state index contributed by atoms with van der Waals surface area (Å²) >= 11 is 0. The summed E-state index contributed by atoms with van der Waals surface area (Å²) in [5.41, 5.74) is 2.53. The number of allylic oxidation sites excluding steroid dienone is 5. The highest BCUT2D eigenvalue weighted by atomic mass is 14.7. The van der Waals surface area contributed by atoms with Crippen LogP contribution in [0.1, 0.15) is 6.42 Å². The smallest absolute Gasteiger partial charge is 0.0577 e. The van der Waals surface area contributed by atoms with E-state index in [0.717, 1.165) is 13.0 Å². The molecule has 1 aliphatic heterocycles. The van der Waals surface area contributed by atoms with Crippen LogP contribution in [0.2, 0.25) is 0 Å². The number of rotatable bonds is 0. The zero-order chi connectivity index (χ0) is 6.81. The summed E-state index contributed by atoms with van der Waals surface area (Å²) < 4.78 is 0. The average Bonchev–Trinajstić information content (AvgIpc) is 2.05. The summed E-state index contributed by atoms with van der Waals surface area (Å²) in [4.78, 5) is 4.36. The van der Waals surface area contributed by atoms with Crippen LogP contribution in [0.5, 0.6) is 0 Å². The lowest BCUT2D eigenvalue weighted by Crippen LogP contribution is -2.06. The van der Waals surface area contributed by atoms with Gasteiger partial charge in [-0.05, 0) is 5.57 Å². The lowest BCUT2D eigenvalue weighted by Gasteiger charge is -2.11. The second-order valence-corrected chi connectivity index (χ2v) is 2.44. The summed E-state index contributed by atoms with van der Waals surface area (Å²) in [6.07, 6.45) is 11.6. The molecule has 0 spiro atoms. The van der Waals surface area contributed by atoms with Gasteiger partial charge in [0.05, 0.1) is 6.54 Å². The van der Waals surface area contributed by atoms with Crippen molar-refractivity contribution in [3.8, 4) is 0 Å². The first-order valence-corrected chi connectivity index (χ1v) is 3.54. The van der Waals surface area contributed by atoms with Crippen molar-refractivity contribution < 1.29 is 0 Å². The molecule has 0 atom stereocenters. The van der Waals surface area contributed by atoms with Gasteiger partial charge in [0.15, 0.2) is 0 Å². The molecule has 10 heavy (non-hydrogen) atoms. The number of dihydropyridines is 1. The molecule has 2 aliphatic rings. The quantitative estimate of drug-likeness (QED) is 0.476. The Kier molecular flexibility index (Phi) is 1.28. The summed E-state index contributed by atoms with van der Waals surface area (Å²) in [6, 6.07) is 0. The van der Waals surface area contributed by atoms with Crippen LogP contribution < -0.4 is 0 Å². The van der Waals surface area contributed by atoms with E-state index in [9.17, 15) is 0 Å². The number of hydrogen-bond acceptors (Lipinski definition) is 1. The molecule has 50 valence electrons. The van der Waals surface area contributed by atoms with Crippen molar-refractivity contribution in [3.05, 3.63) is 36.0 Å². The molecular formula is C9H9N. The zero-order valence-electron chi connectivity index (χ0n) is 5.75. The molecule has 0 aromatic heterocycles. The van der Waals surface area contributed by atoms with E-state index >= 15 is 0 Å². The molecule has 0 bridgehead atoms. The second kappa shape index (κ2) is 2.25. The van der Waals surface area contributed by atoms with Gasteiger partial charge in [0.25, 0.3) is 0 Å². The van der Waals surface area contributed by atoms with Crippen LogP contribution in [0, 0.1) is 0 Å². The fraction of sp³-hybridized carbons (Fsp3) is 0.222. The zero-order valence-corrected chi connectivity index (χ0v) is 5.75. The SMILES string of the molecule is C1=CCC2=NCC=CC2=C1. The van der Waals surface area contributed by atoms with E-state index in [4.69, 9.17) is 0 Å². The normalized spacial score (nSPS) is 21.6. The van der Waals surface area contributed by atoms with Crippen molar-refractivity contribution in [2.45, 2.75) is 6.42 Å². The maximum absolute atomic E-state index is 4.36. The van der Waals surface area contributed by atoms with Crippen LogP contribution in [0.25, 0.3) is 0 Å². The van der Waals surface area contributed by atoms with Crippen LogP contribution in [-0.4, -0.2) is 12.3 Å². The minimum atomic E-state index is 0.862. The van der Waals surface area contributed by atoms with E-state index in [1.165, 1.54) is 11.3 Å². The van der Waals surface area contributed by atoms with Crippen molar-refractivity contribution in [3.63, 3.8) is 0 Å². The van der Waals surface area contributed by atoms with Crippen LogP contribution in [0.3, 0.4) is 0 Å². The van der Waals surface area contributed by atoms with E-state index in [2.05, 4.69) is 35.4 Å². The lowest BCUT2D eigenvalue weighted by molar-refractivity contribution is 1.18. The molecule has 1 nitrogen and oxygen atoms in total. The monoisotopic (exact) mass is 131 g/mol. The van der Waals surface area contributed by atoms with Gasteiger partial charge in [-0.1, -0.05) is 30.4 Å². The van der Waals surface area contributed by atoms with Gasteiger partial charge in [-0.15, -0.1) is 0 Å². The van der Waals surface area contributed by atoms with Gasteiger partial charge in [-0.2, -0.15) is 0 Å². The van der Waals surface area contributed by atoms with Crippen LogP contribution >= 0.6 is 0 Å². The molecule has 0 aromatic carbocycles. The fourth-order valence-corrected chi connectivity index (χ4v) is 1.22. The molecule has 0 saturated carbocycles. The van der Waals surface area contributed by atoms with E-state index in [-0.39, 0.29) is 0 Å². The van der Waals surface area contributed by atoms with Gasteiger partial charge in [0, 0.05) is 12.1 Å². The Morgan fingerprint density at radius 3 is 3.20 bits per heavy atom. The van der Waals surface area contributed by atoms with Gasteiger partial charge < -0.3 is 0 Å². The molecule has 0 aromatic rings. The highest BCUT2D eigenvalue weighted by Crippen LogP contribution is 2.13. The lowest BCUT2D eigenvalue weighted by atomic mass is 10.0. The molecule has 1 heteroatoms. The first-order chi connectivity index (χ1) is 4.97. The van der Waals surface area contributed by atoms with Crippen LogP contribution in [-0.2, 0) is 0 Å². The average molecular weight is 131 g/mol. The largest absolute Gasteiger partial charge is 0.285 e. The van der Waals surface area contributed by atoms with Crippen molar-refractivity contribution in [1.29, 1.82) is 0 Å². The highest BCUT2D eigenvalue weighted by molar-refractivity contribution is 6.05. The maximum Gasteiger partial charge on any atom is 0.0577 e. The van der Waals surface area contributed by atoms with Gasteiger partial charge in [0.1, 0.15) is 0 Å². The third-order valence-corrected chi connectivity index (χ3v) is 1.74. The first-order valence-electron chi connectivity index (χ1n) is 3.54. The third-order valence-electron chi connectivity index (χ3n) is 1.74. The molecule has 0 unspecified atom stereocenters. The topological polar surface area (TPSA) is 12.4 Å². The Morgan fingerprint density at radius 2 is 2.30 bits per heavy atom. The Balaban J connectivity index is 2.39. The highest BCUT2D eigenvalue weighted by Gasteiger charge is 2.06.